The van der Waals surface area contributed by atoms with Gasteiger partial charge in [0.05, 0.1) is 10.2 Å². The summed E-state index contributed by atoms with van der Waals surface area (Å²) in [6.45, 7) is 0. The summed E-state index contributed by atoms with van der Waals surface area (Å²) in [6, 6.07) is 8.01. The van der Waals surface area contributed by atoms with E-state index in [0.717, 1.165) is 14.6 Å². The first kappa shape index (κ1) is 13.1. The summed E-state index contributed by atoms with van der Waals surface area (Å²) in [5.74, 6) is 0.758. The zero-order chi connectivity index (χ0) is 14.1. The highest BCUT2D eigenvalue weighted by molar-refractivity contribution is 8.01. The predicted molar refractivity (Wildman–Crippen MR) is 82.3 cm³/mol. The van der Waals surface area contributed by atoms with E-state index in [1.165, 1.54) is 11.8 Å². The molecule has 6 nitrogen and oxygen atoms in total. The molecule has 20 heavy (non-hydrogen) atoms. The van der Waals surface area contributed by atoms with Crippen LogP contribution in [-0.2, 0) is 0 Å². The van der Waals surface area contributed by atoms with Gasteiger partial charge in [0, 0.05) is 14.1 Å². The molecule has 3 rings (SSSR count). The van der Waals surface area contributed by atoms with Gasteiger partial charge in [-0.05, 0) is 23.9 Å². The van der Waals surface area contributed by atoms with E-state index in [2.05, 4.69) is 19.9 Å². The van der Waals surface area contributed by atoms with Gasteiger partial charge in [-0.1, -0.05) is 12.1 Å². The van der Waals surface area contributed by atoms with Crippen LogP contribution in [0.2, 0.25) is 0 Å². The number of aromatic nitrogens is 4. The van der Waals surface area contributed by atoms with Crippen molar-refractivity contribution < 1.29 is 0 Å². The lowest BCUT2D eigenvalue weighted by Crippen LogP contribution is -2.15. The summed E-state index contributed by atoms with van der Waals surface area (Å²) in [5, 5.41) is 0.556. The molecule has 0 aliphatic rings. The lowest BCUT2D eigenvalue weighted by molar-refractivity contribution is 0.875. The van der Waals surface area contributed by atoms with Crippen molar-refractivity contribution in [2.75, 3.05) is 24.7 Å². The summed E-state index contributed by atoms with van der Waals surface area (Å²) in [6.07, 6.45) is 0. The molecule has 0 aliphatic carbocycles. The average Bonchev–Trinajstić information content (AvgIpc) is 2.79. The monoisotopic (exact) mass is 304 g/mol. The van der Waals surface area contributed by atoms with Gasteiger partial charge in [-0.25, -0.2) is 4.98 Å². The van der Waals surface area contributed by atoms with Crippen LogP contribution in [0.5, 0.6) is 0 Å². The van der Waals surface area contributed by atoms with Crippen molar-refractivity contribution >= 4 is 45.2 Å². The molecule has 0 unspecified atom stereocenters. The quantitative estimate of drug-likeness (QED) is 0.795. The van der Waals surface area contributed by atoms with Gasteiger partial charge in [0.2, 0.25) is 17.1 Å². The van der Waals surface area contributed by atoms with Crippen molar-refractivity contribution in [1.82, 2.24) is 19.9 Å². The minimum Gasteiger partial charge on any atom is -0.368 e. The third kappa shape index (κ3) is 2.66. The van der Waals surface area contributed by atoms with Gasteiger partial charge in [0.25, 0.3) is 0 Å². The number of rotatable bonds is 3. The molecule has 3 aromatic rings. The lowest BCUT2D eigenvalue weighted by atomic mass is 10.3. The van der Waals surface area contributed by atoms with Crippen molar-refractivity contribution in [1.29, 1.82) is 0 Å². The molecule has 0 amide bonds. The van der Waals surface area contributed by atoms with E-state index in [4.69, 9.17) is 5.73 Å². The van der Waals surface area contributed by atoms with Gasteiger partial charge in [-0.3, -0.25) is 0 Å². The van der Waals surface area contributed by atoms with E-state index in [1.54, 1.807) is 16.2 Å². The standard InChI is InChI=1S/C12H12N6S2/c1-18(2)10-15-9(13)16-11(17-10)20-12-14-7-5-3-4-6-8(7)19-12/h3-6H,1-2H3,(H2,13,15,16,17). The maximum atomic E-state index is 5.71. The van der Waals surface area contributed by atoms with E-state index in [1.807, 2.05) is 38.4 Å². The molecule has 1 aromatic carbocycles. The van der Waals surface area contributed by atoms with Crippen molar-refractivity contribution in [3.63, 3.8) is 0 Å². The number of fused-ring (bicyclic) bond motifs is 1. The molecule has 2 aromatic heterocycles. The summed E-state index contributed by atoms with van der Waals surface area (Å²) < 4.78 is 2.03. The Morgan fingerprint density at radius 3 is 2.65 bits per heavy atom. The first-order chi connectivity index (χ1) is 9.61. The molecule has 0 atom stereocenters. The molecule has 0 spiro atoms. The van der Waals surface area contributed by atoms with E-state index in [9.17, 15) is 0 Å². The van der Waals surface area contributed by atoms with E-state index in [0.29, 0.717) is 11.1 Å². The Morgan fingerprint density at radius 2 is 1.90 bits per heavy atom. The fraction of sp³-hybridized carbons (Fsp3) is 0.167. The van der Waals surface area contributed by atoms with Crippen molar-refractivity contribution in [2.45, 2.75) is 9.50 Å². The molecule has 2 N–H and O–H groups in total. The van der Waals surface area contributed by atoms with Crippen LogP contribution < -0.4 is 10.6 Å². The Bertz CT molecular complexity index is 722. The number of thiazole rings is 1. The summed E-state index contributed by atoms with van der Waals surface area (Å²) in [5.41, 5.74) is 6.69. The molecule has 102 valence electrons. The van der Waals surface area contributed by atoms with Crippen LogP contribution in [0.25, 0.3) is 10.2 Å². The van der Waals surface area contributed by atoms with Gasteiger partial charge < -0.3 is 10.6 Å². The second-order valence-corrected chi connectivity index (χ2v) is 6.47. The molecule has 0 saturated heterocycles. The van der Waals surface area contributed by atoms with Crippen LogP contribution in [0.1, 0.15) is 0 Å². The van der Waals surface area contributed by atoms with Crippen LogP contribution in [0.4, 0.5) is 11.9 Å². The minimum atomic E-state index is 0.215. The first-order valence-corrected chi connectivity index (χ1v) is 7.47. The predicted octanol–water partition coefficient (Wildman–Crippen LogP) is 2.28. The largest absolute Gasteiger partial charge is 0.368 e. The first-order valence-electron chi connectivity index (χ1n) is 5.84. The summed E-state index contributed by atoms with van der Waals surface area (Å²) in [4.78, 5) is 18.9. The van der Waals surface area contributed by atoms with E-state index < -0.39 is 0 Å². The smallest absolute Gasteiger partial charge is 0.230 e. The Hall–Kier alpha value is -1.93. The molecule has 2 heterocycles. The highest BCUT2D eigenvalue weighted by Gasteiger charge is 2.11. The Balaban J connectivity index is 1.94. The number of benzene rings is 1. The average molecular weight is 304 g/mol. The molecule has 8 heteroatoms. The minimum absolute atomic E-state index is 0.215. The third-order valence-electron chi connectivity index (χ3n) is 2.47. The van der Waals surface area contributed by atoms with Crippen LogP contribution in [0.3, 0.4) is 0 Å². The number of nitrogen functional groups attached to an aromatic ring is 1. The number of anilines is 2. The SMILES string of the molecule is CN(C)c1nc(N)nc(Sc2nc3ccccc3s2)n1. The molecular weight excluding hydrogens is 292 g/mol. The second kappa shape index (κ2) is 5.22. The fourth-order valence-corrected chi connectivity index (χ4v) is 3.50. The highest BCUT2D eigenvalue weighted by Crippen LogP contribution is 2.33. The molecule has 0 aliphatic heterocycles. The number of nitrogens with zero attached hydrogens (tertiary/aromatic N) is 5. The molecule has 0 radical (unpaired) electrons. The normalized spacial score (nSPS) is 10.9. The van der Waals surface area contributed by atoms with Gasteiger partial charge >= 0.3 is 0 Å². The number of hydrogen-bond donors (Lipinski definition) is 1. The van der Waals surface area contributed by atoms with Crippen molar-refractivity contribution in [2.24, 2.45) is 0 Å². The number of hydrogen-bond acceptors (Lipinski definition) is 8. The molecule has 0 saturated carbocycles. The number of para-hydroxylation sites is 1. The van der Waals surface area contributed by atoms with Crippen LogP contribution >= 0.6 is 23.1 Å². The Kier molecular flexibility index (Phi) is 3.41. The van der Waals surface area contributed by atoms with Gasteiger partial charge in [0.1, 0.15) is 0 Å². The summed E-state index contributed by atoms with van der Waals surface area (Å²) in [7, 11) is 3.72. The van der Waals surface area contributed by atoms with Gasteiger partial charge in [0.15, 0.2) is 4.34 Å². The van der Waals surface area contributed by atoms with E-state index in [-0.39, 0.29) is 5.95 Å². The van der Waals surface area contributed by atoms with E-state index >= 15 is 0 Å². The van der Waals surface area contributed by atoms with Gasteiger partial charge in [-0.2, -0.15) is 15.0 Å². The molecule has 0 fully saturated rings. The van der Waals surface area contributed by atoms with Gasteiger partial charge in [-0.15, -0.1) is 11.3 Å². The maximum Gasteiger partial charge on any atom is 0.230 e. The lowest BCUT2D eigenvalue weighted by Gasteiger charge is -2.10. The van der Waals surface area contributed by atoms with Crippen LogP contribution in [0.15, 0.2) is 33.8 Å². The zero-order valence-corrected chi connectivity index (χ0v) is 12.6. The van der Waals surface area contributed by atoms with Crippen molar-refractivity contribution in [3.05, 3.63) is 24.3 Å². The third-order valence-corrected chi connectivity index (χ3v) is 4.44. The second-order valence-electron chi connectivity index (χ2n) is 4.22. The maximum absolute atomic E-state index is 5.71. The van der Waals surface area contributed by atoms with Crippen LogP contribution in [0, 0.1) is 0 Å². The molecular formula is C12H12N6S2. The summed E-state index contributed by atoms with van der Waals surface area (Å²) >= 11 is 3.01. The zero-order valence-electron chi connectivity index (χ0n) is 10.9. The fourth-order valence-electron chi connectivity index (χ4n) is 1.58. The van der Waals surface area contributed by atoms with Crippen LogP contribution in [-0.4, -0.2) is 34.0 Å². The van der Waals surface area contributed by atoms with Crippen molar-refractivity contribution in [3.8, 4) is 0 Å². The Labute approximate surface area is 124 Å². The Morgan fingerprint density at radius 1 is 1.10 bits per heavy atom. The topological polar surface area (TPSA) is 80.8 Å². The molecule has 0 bridgehead atoms. The number of nitrogens with two attached hydrogens (primary N) is 1. The highest BCUT2D eigenvalue weighted by atomic mass is 32.2.